The Balaban J connectivity index is 1.66. The smallest absolute Gasteiger partial charge is 0.275 e. The standard InChI is InChI=1S/C24H16ClN3O5/c25-15-10-11-19(18(12-15)22(30)14-6-2-1-3-7-14)26-20(29)13-28-23(31)17-9-5-4-8-16(17)21(27-28)24(32)33/h1-12H,13H2,(H,26,29)(H,32,33)/p-1. The Morgan fingerprint density at radius 3 is 2.30 bits per heavy atom. The Hall–Kier alpha value is -4.30. The van der Waals surface area contributed by atoms with E-state index in [1.807, 2.05) is 0 Å². The number of hydrogen-bond donors (Lipinski definition) is 1. The number of carboxylic acids is 1. The number of halogens is 1. The van der Waals surface area contributed by atoms with E-state index in [1.54, 1.807) is 42.5 Å². The van der Waals surface area contributed by atoms with Crippen LogP contribution in [-0.2, 0) is 11.3 Å². The fourth-order valence-corrected chi connectivity index (χ4v) is 3.55. The Morgan fingerprint density at radius 1 is 0.939 bits per heavy atom. The highest BCUT2D eigenvalue weighted by molar-refractivity contribution is 6.31. The van der Waals surface area contributed by atoms with Gasteiger partial charge in [0.05, 0.1) is 17.0 Å². The van der Waals surface area contributed by atoms with Crippen molar-refractivity contribution >= 4 is 45.7 Å². The molecule has 3 aromatic carbocycles. The van der Waals surface area contributed by atoms with Gasteiger partial charge in [0.15, 0.2) is 5.78 Å². The van der Waals surface area contributed by atoms with Gasteiger partial charge in [-0.1, -0.05) is 60.1 Å². The Kier molecular flexibility index (Phi) is 6.01. The van der Waals surface area contributed by atoms with Crippen molar-refractivity contribution < 1.29 is 19.5 Å². The first-order valence-corrected chi connectivity index (χ1v) is 10.1. The Morgan fingerprint density at radius 2 is 1.61 bits per heavy atom. The monoisotopic (exact) mass is 460 g/mol. The number of anilines is 1. The predicted octanol–water partition coefficient (Wildman–Crippen LogP) is 2.28. The van der Waals surface area contributed by atoms with Crippen LogP contribution >= 0.6 is 11.6 Å². The second kappa shape index (κ2) is 9.05. The van der Waals surface area contributed by atoms with Crippen molar-refractivity contribution in [3.05, 3.63) is 105 Å². The molecule has 0 fully saturated rings. The average molecular weight is 461 g/mol. The van der Waals surface area contributed by atoms with Gasteiger partial charge >= 0.3 is 0 Å². The number of fused-ring (bicyclic) bond motifs is 1. The molecule has 0 aliphatic heterocycles. The summed E-state index contributed by atoms with van der Waals surface area (Å²) in [4.78, 5) is 49.9. The molecule has 8 nitrogen and oxygen atoms in total. The van der Waals surface area contributed by atoms with Crippen LogP contribution < -0.4 is 16.0 Å². The van der Waals surface area contributed by atoms with Gasteiger partial charge < -0.3 is 15.2 Å². The lowest BCUT2D eigenvalue weighted by atomic mass is 10.0. The first kappa shape index (κ1) is 21.9. The van der Waals surface area contributed by atoms with Crippen LogP contribution in [0, 0.1) is 0 Å². The average Bonchev–Trinajstić information content (AvgIpc) is 2.82. The summed E-state index contributed by atoms with van der Waals surface area (Å²) in [6.07, 6.45) is 0. The van der Waals surface area contributed by atoms with Gasteiger partial charge in [-0.2, -0.15) is 5.10 Å². The number of rotatable bonds is 6. The number of carbonyl (C=O) groups excluding carboxylic acids is 3. The lowest BCUT2D eigenvalue weighted by Crippen LogP contribution is -2.34. The normalized spacial score (nSPS) is 10.7. The molecule has 1 N–H and O–H groups in total. The summed E-state index contributed by atoms with van der Waals surface area (Å²) in [5.41, 5.74) is -0.336. The van der Waals surface area contributed by atoms with Crippen LogP contribution in [-0.4, -0.2) is 27.4 Å². The summed E-state index contributed by atoms with van der Waals surface area (Å²) in [5.74, 6) is -2.61. The number of carbonyl (C=O) groups is 3. The summed E-state index contributed by atoms with van der Waals surface area (Å²) < 4.78 is 0.747. The molecule has 164 valence electrons. The highest BCUT2D eigenvalue weighted by atomic mass is 35.5. The van der Waals surface area contributed by atoms with Gasteiger partial charge in [-0.3, -0.25) is 14.4 Å². The highest BCUT2D eigenvalue weighted by Gasteiger charge is 2.18. The van der Waals surface area contributed by atoms with Crippen molar-refractivity contribution in [2.24, 2.45) is 0 Å². The van der Waals surface area contributed by atoms with Gasteiger partial charge in [0.2, 0.25) is 5.91 Å². The maximum absolute atomic E-state index is 12.9. The summed E-state index contributed by atoms with van der Waals surface area (Å²) in [5, 5.41) is 18.4. The second-order valence-corrected chi connectivity index (χ2v) is 7.51. The van der Waals surface area contributed by atoms with Crippen molar-refractivity contribution in [2.45, 2.75) is 6.54 Å². The molecule has 1 heterocycles. The molecule has 1 aromatic heterocycles. The number of nitrogens with one attached hydrogen (secondary N) is 1. The van der Waals surface area contributed by atoms with Crippen LogP contribution in [0.15, 0.2) is 77.6 Å². The van der Waals surface area contributed by atoms with Crippen LogP contribution in [0.4, 0.5) is 5.69 Å². The van der Waals surface area contributed by atoms with Gasteiger partial charge in [-0.25, -0.2) is 4.68 Å². The number of nitrogens with zero attached hydrogens (tertiary/aromatic N) is 2. The minimum atomic E-state index is -1.58. The summed E-state index contributed by atoms with van der Waals surface area (Å²) in [6, 6.07) is 18.9. The SMILES string of the molecule is O=C(Cn1nc(C(=O)[O-])c2ccccc2c1=O)Nc1ccc(Cl)cc1C(=O)c1ccccc1. The fraction of sp³-hybridized carbons (Fsp3) is 0.0417. The maximum Gasteiger partial charge on any atom is 0.275 e. The molecule has 4 aromatic rings. The number of hydrogen-bond acceptors (Lipinski definition) is 6. The summed E-state index contributed by atoms with van der Waals surface area (Å²) in [7, 11) is 0. The van der Waals surface area contributed by atoms with Gasteiger partial charge in [-0.05, 0) is 24.3 Å². The lowest BCUT2D eigenvalue weighted by molar-refractivity contribution is -0.255. The summed E-state index contributed by atoms with van der Waals surface area (Å²) >= 11 is 6.06. The van der Waals surface area contributed by atoms with Crippen molar-refractivity contribution in [2.75, 3.05) is 5.32 Å². The van der Waals surface area contributed by atoms with Crippen LogP contribution in [0.3, 0.4) is 0 Å². The van der Waals surface area contributed by atoms with E-state index in [9.17, 15) is 24.3 Å². The molecule has 0 bridgehead atoms. The van der Waals surface area contributed by atoms with Gasteiger partial charge in [0.1, 0.15) is 12.2 Å². The second-order valence-electron chi connectivity index (χ2n) is 7.08. The Bertz CT molecular complexity index is 1460. The molecular formula is C24H15ClN3O5-. The molecule has 0 atom stereocenters. The molecule has 0 saturated heterocycles. The van der Waals surface area contributed by atoms with Gasteiger partial charge in [0, 0.05) is 21.5 Å². The van der Waals surface area contributed by atoms with Crippen LogP contribution in [0.5, 0.6) is 0 Å². The van der Waals surface area contributed by atoms with Crippen LogP contribution in [0.1, 0.15) is 26.4 Å². The number of amides is 1. The number of benzene rings is 3. The van der Waals surface area contributed by atoms with Crippen LogP contribution in [0.25, 0.3) is 10.8 Å². The van der Waals surface area contributed by atoms with E-state index in [0.717, 1.165) is 4.68 Å². The predicted molar refractivity (Wildman–Crippen MR) is 120 cm³/mol. The quantitative estimate of drug-likeness (QED) is 0.440. The number of aromatic carboxylic acids is 1. The molecule has 0 unspecified atom stereocenters. The van der Waals surface area contributed by atoms with Crippen LogP contribution in [0.2, 0.25) is 5.02 Å². The molecule has 9 heteroatoms. The zero-order valence-corrected chi connectivity index (χ0v) is 17.7. The first-order chi connectivity index (χ1) is 15.8. The minimum Gasteiger partial charge on any atom is -0.543 e. The van der Waals surface area contributed by atoms with E-state index >= 15 is 0 Å². The van der Waals surface area contributed by atoms with E-state index in [-0.39, 0.29) is 27.8 Å². The molecule has 0 aliphatic rings. The van der Waals surface area contributed by atoms with Crippen molar-refractivity contribution in [1.82, 2.24) is 9.78 Å². The largest absolute Gasteiger partial charge is 0.543 e. The molecule has 4 rings (SSSR count). The molecule has 1 amide bonds. The molecule has 0 spiro atoms. The van der Waals surface area contributed by atoms with E-state index in [0.29, 0.717) is 10.6 Å². The molecule has 0 aliphatic carbocycles. The first-order valence-electron chi connectivity index (χ1n) is 9.75. The molecule has 33 heavy (non-hydrogen) atoms. The lowest BCUT2D eigenvalue weighted by Gasteiger charge is -2.13. The number of aromatic nitrogens is 2. The third kappa shape index (κ3) is 4.51. The maximum atomic E-state index is 12.9. The number of carboxylic acid groups (broad SMARTS) is 1. The minimum absolute atomic E-state index is 0.0888. The topological polar surface area (TPSA) is 121 Å². The van der Waals surface area contributed by atoms with E-state index in [4.69, 9.17) is 11.6 Å². The fourth-order valence-electron chi connectivity index (χ4n) is 3.38. The number of ketones is 1. The Labute approximate surface area is 192 Å². The third-order valence-corrected chi connectivity index (χ3v) is 5.13. The van der Waals surface area contributed by atoms with Gasteiger partial charge in [0.25, 0.3) is 5.56 Å². The molecular weight excluding hydrogens is 446 g/mol. The van der Waals surface area contributed by atoms with E-state index in [1.165, 1.54) is 30.3 Å². The van der Waals surface area contributed by atoms with E-state index in [2.05, 4.69) is 10.4 Å². The van der Waals surface area contributed by atoms with Crippen molar-refractivity contribution in [3.8, 4) is 0 Å². The summed E-state index contributed by atoms with van der Waals surface area (Å²) in [6.45, 7) is -0.578. The zero-order valence-electron chi connectivity index (χ0n) is 16.9. The zero-order chi connectivity index (χ0) is 23.5. The third-order valence-electron chi connectivity index (χ3n) is 4.89. The van der Waals surface area contributed by atoms with Gasteiger partial charge in [-0.15, -0.1) is 0 Å². The van der Waals surface area contributed by atoms with Crippen molar-refractivity contribution in [3.63, 3.8) is 0 Å². The highest BCUT2D eigenvalue weighted by Crippen LogP contribution is 2.24. The van der Waals surface area contributed by atoms with E-state index < -0.39 is 29.7 Å². The molecule has 0 radical (unpaired) electrons. The molecule has 0 saturated carbocycles. The van der Waals surface area contributed by atoms with Crippen molar-refractivity contribution in [1.29, 1.82) is 0 Å².